The average Bonchev–Trinajstić information content (AvgIpc) is 2.31. The molecule has 0 aliphatic rings. The van der Waals surface area contributed by atoms with Gasteiger partial charge in [-0.3, -0.25) is 0 Å². The van der Waals surface area contributed by atoms with Gasteiger partial charge in [-0.05, 0) is 18.5 Å². The molecule has 3 heteroatoms. The molecule has 0 spiro atoms. The predicted octanol–water partition coefficient (Wildman–Crippen LogP) is 2.46. The van der Waals surface area contributed by atoms with Crippen LogP contribution in [-0.2, 0) is 11.3 Å². The van der Waals surface area contributed by atoms with E-state index in [4.69, 9.17) is 9.47 Å². The molecule has 0 unspecified atom stereocenters. The summed E-state index contributed by atoms with van der Waals surface area (Å²) in [5.41, 5.74) is 1.20. The van der Waals surface area contributed by atoms with Crippen molar-refractivity contribution in [3.8, 4) is 5.75 Å². The fourth-order valence-electron chi connectivity index (χ4n) is 1.52. The summed E-state index contributed by atoms with van der Waals surface area (Å²) in [6.07, 6.45) is 0. The van der Waals surface area contributed by atoms with E-state index in [1.807, 2.05) is 18.2 Å². The highest BCUT2D eigenvalue weighted by molar-refractivity contribution is 5.33. The summed E-state index contributed by atoms with van der Waals surface area (Å²) in [6.45, 7) is 7.49. The van der Waals surface area contributed by atoms with Gasteiger partial charge in [0.15, 0.2) is 0 Å². The van der Waals surface area contributed by atoms with Crippen LogP contribution in [0.4, 0.5) is 0 Å². The number of hydrogen-bond acceptors (Lipinski definition) is 3. The molecule has 1 rings (SSSR count). The lowest BCUT2D eigenvalue weighted by molar-refractivity contribution is 0.145. The van der Waals surface area contributed by atoms with Crippen molar-refractivity contribution in [3.05, 3.63) is 29.8 Å². The largest absolute Gasteiger partial charge is 0.491 e. The van der Waals surface area contributed by atoms with Crippen molar-refractivity contribution in [3.63, 3.8) is 0 Å². The highest BCUT2D eigenvalue weighted by Crippen LogP contribution is 2.17. The van der Waals surface area contributed by atoms with E-state index in [-0.39, 0.29) is 0 Å². The molecule has 1 aromatic carbocycles. The van der Waals surface area contributed by atoms with Crippen LogP contribution in [0.1, 0.15) is 19.4 Å². The van der Waals surface area contributed by atoms with Gasteiger partial charge in [0.05, 0.1) is 6.61 Å². The van der Waals surface area contributed by atoms with Gasteiger partial charge < -0.3 is 14.8 Å². The maximum Gasteiger partial charge on any atom is 0.123 e. The third-order valence-corrected chi connectivity index (χ3v) is 2.39. The van der Waals surface area contributed by atoms with Crippen LogP contribution in [0.5, 0.6) is 5.75 Å². The molecule has 17 heavy (non-hydrogen) atoms. The van der Waals surface area contributed by atoms with Crippen LogP contribution in [0.25, 0.3) is 0 Å². The summed E-state index contributed by atoms with van der Waals surface area (Å²) in [5, 5.41) is 3.42. The number of para-hydroxylation sites is 1. The number of benzene rings is 1. The standard InChI is InChI=1S/C14H23NO2/c1-12(2)10-15-11-13-6-4-5-7-14(13)17-9-8-16-3/h4-7,12,15H,8-11H2,1-3H3. The Morgan fingerprint density at radius 2 is 1.94 bits per heavy atom. The molecule has 0 aromatic heterocycles. The maximum atomic E-state index is 5.67. The Hall–Kier alpha value is -1.06. The number of rotatable bonds is 8. The normalized spacial score (nSPS) is 10.8. The first-order chi connectivity index (χ1) is 8.24. The van der Waals surface area contributed by atoms with E-state index in [0.29, 0.717) is 19.1 Å². The Morgan fingerprint density at radius 3 is 2.65 bits per heavy atom. The molecule has 0 aliphatic heterocycles. The summed E-state index contributed by atoms with van der Waals surface area (Å²) < 4.78 is 10.6. The van der Waals surface area contributed by atoms with Gasteiger partial charge in [-0.1, -0.05) is 32.0 Å². The highest BCUT2D eigenvalue weighted by atomic mass is 16.5. The van der Waals surface area contributed by atoms with Crippen LogP contribution < -0.4 is 10.1 Å². The molecule has 0 saturated carbocycles. The van der Waals surface area contributed by atoms with Crippen molar-refractivity contribution in [1.29, 1.82) is 0 Å². The molecule has 0 amide bonds. The molecule has 1 aromatic rings. The topological polar surface area (TPSA) is 30.5 Å². The number of methoxy groups -OCH3 is 1. The van der Waals surface area contributed by atoms with Crippen molar-refractivity contribution in [2.75, 3.05) is 26.9 Å². The summed E-state index contributed by atoms with van der Waals surface area (Å²) in [5.74, 6) is 1.61. The summed E-state index contributed by atoms with van der Waals surface area (Å²) in [7, 11) is 1.68. The van der Waals surface area contributed by atoms with Gasteiger partial charge >= 0.3 is 0 Å². The van der Waals surface area contributed by atoms with E-state index < -0.39 is 0 Å². The van der Waals surface area contributed by atoms with Crippen LogP contribution >= 0.6 is 0 Å². The zero-order valence-corrected chi connectivity index (χ0v) is 11.0. The zero-order valence-electron chi connectivity index (χ0n) is 11.0. The first-order valence-corrected chi connectivity index (χ1v) is 6.14. The molecule has 0 atom stereocenters. The highest BCUT2D eigenvalue weighted by Gasteiger charge is 2.02. The number of ether oxygens (including phenoxy) is 2. The molecule has 0 fully saturated rings. The van der Waals surface area contributed by atoms with Gasteiger partial charge in [-0.2, -0.15) is 0 Å². The maximum absolute atomic E-state index is 5.67. The SMILES string of the molecule is COCCOc1ccccc1CNCC(C)C. The smallest absolute Gasteiger partial charge is 0.123 e. The third kappa shape index (κ3) is 5.71. The molecule has 0 bridgehead atoms. The van der Waals surface area contributed by atoms with Gasteiger partial charge in [-0.25, -0.2) is 0 Å². The van der Waals surface area contributed by atoms with Crippen molar-refractivity contribution in [2.45, 2.75) is 20.4 Å². The fourth-order valence-corrected chi connectivity index (χ4v) is 1.52. The molecule has 0 aliphatic carbocycles. The first-order valence-electron chi connectivity index (χ1n) is 6.14. The van der Waals surface area contributed by atoms with Crippen molar-refractivity contribution < 1.29 is 9.47 Å². The van der Waals surface area contributed by atoms with Crippen molar-refractivity contribution >= 4 is 0 Å². The van der Waals surface area contributed by atoms with E-state index in [1.54, 1.807) is 7.11 Å². The Labute approximate surface area is 104 Å². The Bertz CT molecular complexity index is 313. The lowest BCUT2D eigenvalue weighted by atomic mass is 10.2. The van der Waals surface area contributed by atoms with Gasteiger partial charge in [0.1, 0.15) is 12.4 Å². The first kappa shape index (κ1) is 14.0. The molecule has 0 saturated heterocycles. The molecule has 1 N–H and O–H groups in total. The van der Waals surface area contributed by atoms with E-state index in [9.17, 15) is 0 Å². The van der Waals surface area contributed by atoms with E-state index in [0.717, 1.165) is 18.8 Å². The van der Waals surface area contributed by atoms with Crippen LogP contribution in [0.2, 0.25) is 0 Å². The zero-order chi connectivity index (χ0) is 12.5. The molecule has 3 nitrogen and oxygen atoms in total. The molecule has 0 radical (unpaired) electrons. The van der Waals surface area contributed by atoms with E-state index in [2.05, 4.69) is 25.2 Å². The van der Waals surface area contributed by atoms with Crippen molar-refractivity contribution in [1.82, 2.24) is 5.32 Å². The fraction of sp³-hybridized carbons (Fsp3) is 0.571. The van der Waals surface area contributed by atoms with Gasteiger partial charge in [0.2, 0.25) is 0 Å². The monoisotopic (exact) mass is 237 g/mol. The molecular formula is C14H23NO2. The summed E-state index contributed by atoms with van der Waals surface area (Å²) >= 11 is 0. The lowest BCUT2D eigenvalue weighted by Gasteiger charge is -2.12. The molecule has 96 valence electrons. The average molecular weight is 237 g/mol. The minimum atomic E-state index is 0.595. The summed E-state index contributed by atoms with van der Waals surface area (Å²) in [6, 6.07) is 8.13. The number of hydrogen-bond donors (Lipinski definition) is 1. The van der Waals surface area contributed by atoms with Gasteiger partial charge in [0.25, 0.3) is 0 Å². The Balaban J connectivity index is 2.46. The van der Waals surface area contributed by atoms with Gasteiger partial charge in [-0.15, -0.1) is 0 Å². The third-order valence-electron chi connectivity index (χ3n) is 2.39. The quantitative estimate of drug-likeness (QED) is 0.704. The van der Waals surface area contributed by atoms with Crippen LogP contribution in [0, 0.1) is 5.92 Å². The predicted molar refractivity (Wildman–Crippen MR) is 70.4 cm³/mol. The van der Waals surface area contributed by atoms with Crippen LogP contribution in [0.3, 0.4) is 0 Å². The van der Waals surface area contributed by atoms with Crippen LogP contribution in [0.15, 0.2) is 24.3 Å². The van der Waals surface area contributed by atoms with Gasteiger partial charge in [0, 0.05) is 19.2 Å². The second-order valence-electron chi connectivity index (χ2n) is 4.47. The van der Waals surface area contributed by atoms with E-state index in [1.165, 1.54) is 5.56 Å². The van der Waals surface area contributed by atoms with Crippen molar-refractivity contribution in [2.24, 2.45) is 5.92 Å². The number of nitrogens with one attached hydrogen (secondary N) is 1. The molecule has 0 heterocycles. The lowest BCUT2D eigenvalue weighted by Crippen LogP contribution is -2.19. The van der Waals surface area contributed by atoms with Crippen LogP contribution in [-0.4, -0.2) is 26.9 Å². The second kappa shape index (κ2) is 8.09. The Morgan fingerprint density at radius 1 is 1.18 bits per heavy atom. The van der Waals surface area contributed by atoms with E-state index >= 15 is 0 Å². The summed E-state index contributed by atoms with van der Waals surface area (Å²) in [4.78, 5) is 0. The molecular weight excluding hydrogens is 214 g/mol. The minimum Gasteiger partial charge on any atom is -0.491 e. The second-order valence-corrected chi connectivity index (χ2v) is 4.47. The Kier molecular flexibility index (Phi) is 6.67. The minimum absolute atomic E-state index is 0.595.